The molecule has 5 heteroatoms. The zero-order valence-electron chi connectivity index (χ0n) is 13.7. The van der Waals surface area contributed by atoms with E-state index in [2.05, 4.69) is 26.0 Å². The van der Waals surface area contributed by atoms with E-state index in [1.54, 1.807) is 18.2 Å². The highest BCUT2D eigenvalue weighted by molar-refractivity contribution is 6.31. The second kappa shape index (κ2) is 5.21. The van der Waals surface area contributed by atoms with E-state index in [0.717, 1.165) is 0 Å². The van der Waals surface area contributed by atoms with E-state index in [1.165, 1.54) is 23.2 Å². The van der Waals surface area contributed by atoms with E-state index >= 15 is 0 Å². The Kier molecular flexibility index (Phi) is 3.36. The van der Waals surface area contributed by atoms with Crippen LogP contribution in [0.25, 0.3) is 0 Å². The Hall–Kier alpha value is -2.07. The summed E-state index contributed by atoms with van der Waals surface area (Å²) in [7, 11) is 1.52. The van der Waals surface area contributed by atoms with E-state index in [9.17, 15) is 9.59 Å². The van der Waals surface area contributed by atoms with Gasteiger partial charge >= 0.3 is 0 Å². The van der Waals surface area contributed by atoms with Crippen molar-refractivity contribution in [3.8, 4) is 5.75 Å². The quantitative estimate of drug-likeness (QED) is 0.609. The topological polar surface area (TPSA) is 46.6 Å². The Balaban J connectivity index is 1.80. The third kappa shape index (κ3) is 1.86. The van der Waals surface area contributed by atoms with Crippen molar-refractivity contribution in [2.45, 2.75) is 13.8 Å². The monoisotopic (exact) mass is 343 g/mol. The normalized spacial score (nSPS) is 30.3. The first kappa shape index (κ1) is 15.5. The van der Waals surface area contributed by atoms with Crippen molar-refractivity contribution in [3.05, 3.63) is 46.5 Å². The number of carbonyl (C=O) groups excluding carboxylic acids is 2. The summed E-state index contributed by atoms with van der Waals surface area (Å²) in [6.07, 6.45) is 4.16. The first-order valence-electron chi connectivity index (χ1n) is 8.02. The van der Waals surface area contributed by atoms with Crippen LogP contribution < -0.4 is 9.64 Å². The molecule has 1 saturated carbocycles. The number of carbonyl (C=O) groups is 2. The van der Waals surface area contributed by atoms with Gasteiger partial charge in [-0.25, -0.2) is 4.90 Å². The van der Waals surface area contributed by atoms with Crippen molar-refractivity contribution in [1.82, 2.24) is 0 Å². The fourth-order valence-electron chi connectivity index (χ4n) is 4.51. The first-order chi connectivity index (χ1) is 11.5. The second-order valence-electron chi connectivity index (χ2n) is 6.77. The Bertz CT molecular complexity index is 788. The summed E-state index contributed by atoms with van der Waals surface area (Å²) in [4.78, 5) is 27.4. The second-order valence-corrected chi connectivity index (χ2v) is 7.21. The van der Waals surface area contributed by atoms with Crippen molar-refractivity contribution in [1.29, 1.82) is 0 Å². The molecule has 4 rings (SSSR count). The van der Waals surface area contributed by atoms with Gasteiger partial charge in [0, 0.05) is 16.9 Å². The van der Waals surface area contributed by atoms with Crippen molar-refractivity contribution in [2.24, 2.45) is 23.7 Å². The SMILES string of the molecule is COc1ccc(Cl)cc1N1C(=O)[C@H]2[C@H](C1=O)[C@@H]1C=C[C@@H]2C1=C(C)C. The summed E-state index contributed by atoms with van der Waals surface area (Å²) in [5.74, 6) is -0.360. The molecule has 0 N–H and O–H groups in total. The third-order valence-electron chi connectivity index (χ3n) is 5.37. The summed E-state index contributed by atoms with van der Waals surface area (Å²) in [6.45, 7) is 4.10. The summed E-state index contributed by atoms with van der Waals surface area (Å²) < 4.78 is 5.33. The molecule has 2 bridgehead atoms. The lowest BCUT2D eigenvalue weighted by Crippen LogP contribution is -2.33. The van der Waals surface area contributed by atoms with Crippen LogP contribution in [0.1, 0.15) is 13.8 Å². The number of hydrogen-bond donors (Lipinski definition) is 0. The maximum Gasteiger partial charge on any atom is 0.238 e. The van der Waals surface area contributed by atoms with Crippen LogP contribution in [-0.4, -0.2) is 18.9 Å². The maximum atomic E-state index is 13.1. The predicted octanol–water partition coefficient (Wildman–Crippen LogP) is 3.61. The van der Waals surface area contributed by atoms with E-state index in [1.807, 2.05) is 0 Å². The van der Waals surface area contributed by atoms with Gasteiger partial charge in [0.15, 0.2) is 0 Å². The Morgan fingerprint density at radius 3 is 2.17 bits per heavy atom. The predicted molar refractivity (Wildman–Crippen MR) is 92.0 cm³/mol. The molecule has 1 aromatic carbocycles. The van der Waals surface area contributed by atoms with Gasteiger partial charge in [0.25, 0.3) is 0 Å². The molecule has 124 valence electrons. The average Bonchev–Trinajstić information content (AvgIpc) is 3.17. The fourth-order valence-corrected chi connectivity index (χ4v) is 4.67. The molecule has 24 heavy (non-hydrogen) atoms. The number of allylic oxidation sites excluding steroid dienone is 4. The van der Waals surface area contributed by atoms with E-state index in [-0.39, 0.29) is 35.5 Å². The lowest BCUT2D eigenvalue weighted by Gasteiger charge is -2.21. The molecule has 4 nitrogen and oxygen atoms in total. The van der Waals surface area contributed by atoms with Crippen molar-refractivity contribution in [2.75, 3.05) is 12.0 Å². The minimum absolute atomic E-state index is 0.0385. The Morgan fingerprint density at radius 1 is 1.08 bits per heavy atom. The lowest BCUT2D eigenvalue weighted by molar-refractivity contribution is -0.123. The van der Waals surface area contributed by atoms with Gasteiger partial charge in [-0.15, -0.1) is 0 Å². The van der Waals surface area contributed by atoms with Crippen LogP contribution in [-0.2, 0) is 9.59 Å². The molecule has 0 spiro atoms. The molecule has 2 fully saturated rings. The van der Waals surface area contributed by atoms with Crippen LogP contribution in [0.4, 0.5) is 5.69 Å². The molecule has 1 heterocycles. The highest BCUT2D eigenvalue weighted by Gasteiger charge is 2.62. The molecular weight excluding hydrogens is 326 g/mol. The van der Waals surface area contributed by atoms with Crippen LogP contribution in [0, 0.1) is 23.7 Å². The number of ether oxygens (including phenoxy) is 1. The largest absolute Gasteiger partial charge is 0.495 e. The van der Waals surface area contributed by atoms with Gasteiger partial charge in [-0.3, -0.25) is 9.59 Å². The van der Waals surface area contributed by atoms with Gasteiger partial charge < -0.3 is 4.74 Å². The third-order valence-corrected chi connectivity index (χ3v) is 5.61. The highest BCUT2D eigenvalue weighted by atomic mass is 35.5. The number of imide groups is 1. The molecular formula is C19H18ClNO3. The van der Waals surface area contributed by atoms with Gasteiger partial charge in [0.1, 0.15) is 5.75 Å². The number of methoxy groups -OCH3 is 1. The summed E-state index contributed by atoms with van der Waals surface area (Å²) in [5, 5.41) is 0.467. The van der Waals surface area contributed by atoms with E-state index in [0.29, 0.717) is 16.5 Å². The zero-order chi connectivity index (χ0) is 17.2. The molecule has 1 saturated heterocycles. The Morgan fingerprint density at radius 2 is 1.67 bits per heavy atom. The van der Waals surface area contributed by atoms with Crippen molar-refractivity contribution >= 4 is 29.1 Å². The standard InChI is InChI=1S/C19H18ClNO3/c1-9(2)15-11-5-6-12(15)17-16(11)18(22)21(19(17)23)13-8-10(20)4-7-14(13)24-3/h4-8,11-12,16-17H,1-3H3/t11-,12-,16-,17-/m1/s1. The average molecular weight is 344 g/mol. The Labute approximate surface area is 145 Å². The first-order valence-corrected chi connectivity index (χ1v) is 8.40. The number of fused-ring (bicyclic) bond motifs is 5. The smallest absolute Gasteiger partial charge is 0.238 e. The van der Waals surface area contributed by atoms with E-state index in [4.69, 9.17) is 16.3 Å². The molecule has 1 aliphatic heterocycles. The number of rotatable bonds is 2. The van der Waals surface area contributed by atoms with Crippen LogP contribution in [0.2, 0.25) is 5.02 Å². The summed E-state index contributed by atoms with van der Waals surface area (Å²) in [5.41, 5.74) is 2.88. The number of amides is 2. The van der Waals surface area contributed by atoms with Crippen molar-refractivity contribution < 1.29 is 14.3 Å². The van der Waals surface area contributed by atoms with Gasteiger partial charge in [0.05, 0.1) is 24.6 Å². The van der Waals surface area contributed by atoms with Gasteiger partial charge in [0.2, 0.25) is 11.8 Å². The van der Waals surface area contributed by atoms with Gasteiger partial charge in [-0.1, -0.05) is 34.9 Å². The molecule has 4 atom stereocenters. The molecule has 0 aromatic heterocycles. The minimum Gasteiger partial charge on any atom is -0.495 e. The fraction of sp³-hybridized carbons (Fsp3) is 0.368. The molecule has 1 aromatic rings. The number of benzene rings is 1. The number of halogens is 1. The van der Waals surface area contributed by atoms with Crippen LogP contribution in [0.15, 0.2) is 41.5 Å². The van der Waals surface area contributed by atoms with Gasteiger partial charge in [-0.2, -0.15) is 0 Å². The number of hydrogen-bond acceptors (Lipinski definition) is 3. The van der Waals surface area contributed by atoms with Crippen molar-refractivity contribution in [3.63, 3.8) is 0 Å². The van der Waals surface area contributed by atoms with E-state index < -0.39 is 0 Å². The molecule has 0 unspecified atom stereocenters. The van der Waals surface area contributed by atoms with Crippen LogP contribution in [0.5, 0.6) is 5.75 Å². The zero-order valence-corrected chi connectivity index (χ0v) is 14.5. The highest BCUT2D eigenvalue weighted by Crippen LogP contribution is 2.57. The summed E-state index contributed by atoms with van der Waals surface area (Å²) >= 11 is 6.08. The lowest BCUT2D eigenvalue weighted by atomic mass is 9.85. The maximum absolute atomic E-state index is 13.1. The molecule has 2 aliphatic carbocycles. The molecule has 2 amide bonds. The summed E-state index contributed by atoms with van der Waals surface area (Å²) in [6, 6.07) is 4.98. The molecule has 3 aliphatic rings. The van der Waals surface area contributed by atoms with Gasteiger partial charge in [-0.05, 0) is 32.0 Å². The number of anilines is 1. The molecule has 0 radical (unpaired) electrons. The minimum atomic E-state index is -0.305. The van der Waals surface area contributed by atoms with Crippen LogP contribution in [0.3, 0.4) is 0 Å². The van der Waals surface area contributed by atoms with Crippen LogP contribution >= 0.6 is 11.6 Å². The number of nitrogens with zero attached hydrogens (tertiary/aromatic N) is 1.